The number of thiophene rings is 1. The Morgan fingerprint density at radius 3 is 2.53 bits per heavy atom. The molecule has 0 saturated heterocycles. The van der Waals surface area contributed by atoms with Gasteiger partial charge >= 0.3 is 0 Å². The molecule has 0 radical (unpaired) electrons. The van der Waals surface area contributed by atoms with Crippen LogP contribution in [0.25, 0.3) is 0 Å². The average molecular weight is 351 g/mol. The summed E-state index contributed by atoms with van der Waals surface area (Å²) in [5.41, 5.74) is 6.53. The first kappa shape index (κ1) is 12.9. The van der Waals surface area contributed by atoms with Crippen LogP contribution in [-0.4, -0.2) is 5.78 Å². The number of rotatable bonds is 2. The summed E-state index contributed by atoms with van der Waals surface area (Å²) >= 11 is 16.2. The zero-order chi connectivity index (χ0) is 12.6. The minimum Gasteiger partial charge on any atom is -0.398 e. The standard InChI is InChI=1S/C11H6BrCl2NOS/c12-6-4-9(17-11(6)14)10(16)5-1-2-8(15)7(13)3-5/h1-4H,15H2. The molecule has 17 heavy (non-hydrogen) atoms. The Morgan fingerprint density at radius 1 is 1.29 bits per heavy atom. The van der Waals surface area contributed by atoms with Gasteiger partial charge in [-0.25, -0.2) is 0 Å². The second-order valence-corrected chi connectivity index (χ2v) is 6.21. The third-order valence-corrected chi connectivity index (χ3v) is 4.93. The van der Waals surface area contributed by atoms with E-state index in [1.165, 1.54) is 11.3 Å². The van der Waals surface area contributed by atoms with Crippen molar-refractivity contribution in [1.82, 2.24) is 0 Å². The molecule has 2 aromatic rings. The Balaban J connectivity index is 2.40. The summed E-state index contributed by atoms with van der Waals surface area (Å²) in [4.78, 5) is 12.7. The molecule has 0 aliphatic rings. The predicted octanol–water partition coefficient (Wildman–Crippen LogP) is 4.63. The highest BCUT2D eigenvalue weighted by molar-refractivity contribution is 9.10. The van der Waals surface area contributed by atoms with Crippen molar-refractivity contribution >= 4 is 61.9 Å². The van der Waals surface area contributed by atoms with E-state index in [1.807, 2.05) is 0 Å². The fourth-order valence-corrected chi connectivity index (χ4v) is 3.11. The van der Waals surface area contributed by atoms with Crippen LogP contribution in [0.2, 0.25) is 9.36 Å². The molecule has 1 aromatic heterocycles. The Morgan fingerprint density at radius 2 is 2.00 bits per heavy atom. The molecule has 1 aromatic carbocycles. The summed E-state index contributed by atoms with van der Waals surface area (Å²) in [5.74, 6) is -0.121. The molecule has 0 saturated carbocycles. The van der Waals surface area contributed by atoms with Crippen LogP contribution in [0.5, 0.6) is 0 Å². The minimum atomic E-state index is -0.121. The zero-order valence-electron chi connectivity index (χ0n) is 8.34. The quantitative estimate of drug-likeness (QED) is 0.633. The molecule has 6 heteroatoms. The summed E-state index contributed by atoms with van der Waals surface area (Å²) in [6.07, 6.45) is 0. The van der Waals surface area contributed by atoms with E-state index in [0.717, 1.165) is 0 Å². The highest BCUT2D eigenvalue weighted by Gasteiger charge is 2.15. The molecular formula is C11H6BrCl2NOS. The van der Waals surface area contributed by atoms with E-state index in [4.69, 9.17) is 28.9 Å². The lowest BCUT2D eigenvalue weighted by molar-refractivity contribution is 0.104. The van der Waals surface area contributed by atoms with Crippen molar-refractivity contribution < 1.29 is 4.79 Å². The third kappa shape index (κ3) is 2.65. The van der Waals surface area contributed by atoms with Crippen LogP contribution in [0.15, 0.2) is 28.7 Å². The van der Waals surface area contributed by atoms with E-state index >= 15 is 0 Å². The van der Waals surface area contributed by atoms with Crippen LogP contribution < -0.4 is 5.73 Å². The summed E-state index contributed by atoms with van der Waals surface area (Å²) < 4.78 is 1.27. The molecular weight excluding hydrogens is 345 g/mol. The Bertz CT molecular complexity index is 578. The molecule has 0 fully saturated rings. The van der Waals surface area contributed by atoms with Crippen LogP contribution in [0, 0.1) is 0 Å². The monoisotopic (exact) mass is 349 g/mol. The SMILES string of the molecule is Nc1ccc(C(=O)c2cc(Br)c(Cl)s2)cc1Cl. The number of carbonyl (C=O) groups is 1. The topological polar surface area (TPSA) is 43.1 Å². The first-order valence-corrected chi connectivity index (χ1v) is 6.90. The molecule has 1 heterocycles. The first-order valence-electron chi connectivity index (χ1n) is 4.53. The van der Waals surface area contributed by atoms with Crippen molar-refractivity contribution in [3.63, 3.8) is 0 Å². The number of halogens is 3. The van der Waals surface area contributed by atoms with E-state index < -0.39 is 0 Å². The van der Waals surface area contributed by atoms with Gasteiger partial charge in [0.2, 0.25) is 5.78 Å². The molecule has 0 aliphatic carbocycles. The molecule has 0 bridgehead atoms. The third-order valence-electron chi connectivity index (χ3n) is 2.13. The molecule has 2 N–H and O–H groups in total. The van der Waals surface area contributed by atoms with Crippen molar-refractivity contribution in [3.8, 4) is 0 Å². The van der Waals surface area contributed by atoms with Gasteiger partial charge in [0, 0.05) is 10.0 Å². The van der Waals surface area contributed by atoms with Crippen LogP contribution >= 0.6 is 50.5 Å². The minimum absolute atomic E-state index is 0.121. The molecule has 2 nitrogen and oxygen atoms in total. The van der Waals surface area contributed by atoms with Gasteiger partial charge in [-0.05, 0) is 40.2 Å². The lowest BCUT2D eigenvalue weighted by Crippen LogP contribution is -1.99. The summed E-state index contributed by atoms with van der Waals surface area (Å²) in [6.45, 7) is 0. The van der Waals surface area contributed by atoms with Crippen molar-refractivity contribution in [2.75, 3.05) is 5.73 Å². The van der Waals surface area contributed by atoms with Crippen molar-refractivity contribution in [1.29, 1.82) is 0 Å². The Kier molecular flexibility index (Phi) is 3.78. The number of hydrogen-bond acceptors (Lipinski definition) is 3. The van der Waals surface area contributed by atoms with Crippen molar-refractivity contribution in [2.24, 2.45) is 0 Å². The highest BCUT2D eigenvalue weighted by Crippen LogP contribution is 2.33. The number of anilines is 1. The maximum Gasteiger partial charge on any atom is 0.203 e. The summed E-state index contributed by atoms with van der Waals surface area (Å²) in [5, 5.41) is 0.373. The lowest BCUT2D eigenvalue weighted by atomic mass is 10.1. The van der Waals surface area contributed by atoms with Crippen LogP contribution in [0.4, 0.5) is 5.69 Å². The smallest absolute Gasteiger partial charge is 0.203 e. The average Bonchev–Trinajstić information content (AvgIpc) is 2.62. The Hall–Kier alpha value is -0.550. The zero-order valence-corrected chi connectivity index (χ0v) is 12.3. The van der Waals surface area contributed by atoms with E-state index in [-0.39, 0.29) is 5.78 Å². The molecule has 88 valence electrons. The Labute approximate surface area is 120 Å². The van der Waals surface area contributed by atoms with Gasteiger partial charge in [-0.2, -0.15) is 0 Å². The number of nitrogens with two attached hydrogens (primary N) is 1. The van der Waals surface area contributed by atoms with E-state index in [1.54, 1.807) is 24.3 Å². The number of ketones is 1. The van der Waals surface area contributed by atoms with Gasteiger partial charge in [-0.15, -0.1) is 11.3 Å². The normalized spacial score (nSPS) is 10.5. The van der Waals surface area contributed by atoms with Gasteiger partial charge in [-0.1, -0.05) is 23.2 Å². The fourth-order valence-electron chi connectivity index (χ4n) is 1.27. The van der Waals surface area contributed by atoms with E-state index in [2.05, 4.69) is 15.9 Å². The van der Waals surface area contributed by atoms with Gasteiger partial charge in [0.1, 0.15) is 4.34 Å². The van der Waals surface area contributed by atoms with Crippen LogP contribution in [0.3, 0.4) is 0 Å². The fraction of sp³-hybridized carbons (Fsp3) is 0. The van der Waals surface area contributed by atoms with E-state index in [0.29, 0.717) is 30.0 Å². The van der Waals surface area contributed by atoms with Crippen LogP contribution in [0.1, 0.15) is 15.2 Å². The summed E-state index contributed by atoms with van der Waals surface area (Å²) in [7, 11) is 0. The van der Waals surface area contributed by atoms with Crippen molar-refractivity contribution in [3.05, 3.63) is 48.5 Å². The second kappa shape index (κ2) is 4.98. The maximum absolute atomic E-state index is 12.1. The van der Waals surface area contributed by atoms with Crippen molar-refractivity contribution in [2.45, 2.75) is 0 Å². The van der Waals surface area contributed by atoms with Gasteiger partial charge in [-0.3, -0.25) is 4.79 Å². The largest absolute Gasteiger partial charge is 0.398 e. The predicted molar refractivity (Wildman–Crippen MR) is 76.3 cm³/mol. The summed E-state index contributed by atoms with van der Waals surface area (Å²) in [6, 6.07) is 6.51. The van der Waals surface area contributed by atoms with Gasteiger partial charge in [0.25, 0.3) is 0 Å². The van der Waals surface area contributed by atoms with Gasteiger partial charge in [0.05, 0.1) is 15.6 Å². The van der Waals surface area contributed by atoms with Gasteiger partial charge < -0.3 is 5.73 Å². The lowest BCUT2D eigenvalue weighted by Gasteiger charge is -2.01. The number of hydrogen-bond donors (Lipinski definition) is 1. The second-order valence-electron chi connectivity index (χ2n) is 3.30. The first-order chi connectivity index (χ1) is 7.99. The highest BCUT2D eigenvalue weighted by atomic mass is 79.9. The molecule has 0 aliphatic heterocycles. The molecule has 0 atom stereocenters. The number of benzene rings is 1. The molecule has 0 unspecified atom stereocenters. The van der Waals surface area contributed by atoms with Crippen LogP contribution in [-0.2, 0) is 0 Å². The van der Waals surface area contributed by atoms with E-state index in [9.17, 15) is 4.79 Å². The molecule has 0 spiro atoms. The van der Waals surface area contributed by atoms with Gasteiger partial charge in [0.15, 0.2) is 0 Å². The number of carbonyl (C=O) groups excluding carboxylic acids is 1. The maximum atomic E-state index is 12.1. The number of nitrogen functional groups attached to an aromatic ring is 1. The molecule has 0 amide bonds. The molecule has 2 rings (SSSR count).